The first-order chi connectivity index (χ1) is 10.2. The van der Waals surface area contributed by atoms with E-state index in [1.54, 1.807) is 7.11 Å². The minimum atomic E-state index is 0.597. The number of benzene rings is 1. The van der Waals surface area contributed by atoms with Crippen LogP contribution in [0.4, 0.5) is 0 Å². The topological polar surface area (TPSA) is 38.5 Å². The Hall–Kier alpha value is -1.06. The maximum Gasteiger partial charge on any atom is 0.123 e. The molecule has 1 aromatic carbocycles. The van der Waals surface area contributed by atoms with Gasteiger partial charge in [-0.1, -0.05) is 18.9 Å². The van der Waals surface area contributed by atoms with E-state index in [0.717, 1.165) is 12.3 Å². The Labute approximate surface area is 128 Å². The fraction of sp³-hybridized carbons (Fsp3) is 0.667. The molecule has 1 aromatic rings. The summed E-state index contributed by atoms with van der Waals surface area (Å²) in [7, 11) is 1.75. The van der Waals surface area contributed by atoms with Gasteiger partial charge in [0.2, 0.25) is 0 Å². The standard InChI is InChI=1S/C18H28N2O/c1-21-17-5-4-15(13-19)12-16(17)14-20-10-8-18(9-11-20)6-2-3-7-18/h4-5,12H,2-3,6-11,13-14,19H2,1H3. The van der Waals surface area contributed by atoms with Crippen LogP contribution in [0.15, 0.2) is 18.2 Å². The lowest BCUT2D eigenvalue weighted by Gasteiger charge is -2.39. The van der Waals surface area contributed by atoms with Crippen molar-refractivity contribution < 1.29 is 4.74 Å². The van der Waals surface area contributed by atoms with E-state index in [1.165, 1.54) is 62.7 Å². The molecule has 2 fully saturated rings. The van der Waals surface area contributed by atoms with Gasteiger partial charge < -0.3 is 10.5 Å². The zero-order valence-electron chi connectivity index (χ0n) is 13.2. The van der Waals surface area contributed by atoms with Gasteiger partial charge in [0.05, 0.1) is 7.11 Å². The third kappa shape index (κ3) is 3.24. The Morgan fingerprint density at radius 2 is 1.86 bits per heavy atom. The number of hydrogen-bond donors (Lipinski definition) is 1. The second-order valence-electron chi connectivity index (χ2n) is 6.83. The van der Waals surface area contributed by atoms with E-state index in [2.05, 4.69) is 23.1 Å². The summed E-state index contributed by atoms with van der Waals surface area (Å²) in [6.45, 7) is 4.05. The average molecular weight is 288 g/mol. The molecular weight excluding hydrogens is 260 g/mol. The first kappa shape index (κ1) is 14.9. The van der Waals surface area contributed by atoms with Crippen LogP contribution < -0.4 is 10.5 Å². The Morgan fingerprint density at radius 3 is 2.48 bits per heavy atom. The normalized spacial score (nSPS) is 21.8. The molecule has 1 aliphatic carbocycles. The molecule has 1 spiro atoms. The van der Waals surface area contributed by atoms with Gasteiger partial charge >= 0.3 is 0 Å². The smallest absolute Gasteiger partial charge is 0.123 e. The van der Waals surface area contributed by atoms with Crippen LogP contribution in [0.3, 0.4) is 0 Å². The van der Waals surface area contributed by atoms with Gasteiger partial charge in [0, 0.05) is 18.7 Å². The number of nitrogens with two attached hydrogens (primary N) is 1. The molecule has 0 amide bonds. The van der Waals surface area contributed by atoms with E-state index in [-0.39, 0.29) is 0 Å². The van der Waals surface area contributed by atoms with Crippen LogP contribution in [0.1, 0.15) is 49.7 Å². The van der Waals surface area contributed by atoms with Crippen LogP contribution in [-0.2, 0) is 13.1 Å². The molecule has 21 heavy (non-hydrogen) atoms. The summed E-state index contributed by atoms with van der Waals surface area (Å²) in [5, 5.41) is 0. The zero-order chi connectivity index (χ0) is 14.7. The fourth-order valence-electron chi connectivity index (χ4n) is 4.13. The van der Waals surface area contributed by atoms with Crippen molar-refractivity contribution in [3.63, 3.8) is 0 Å². The maximum absolute atomic E-state index is 5.77. The third-order valence-electron chi connectivity index (χ3n) is 5.56. The van der Waals surface area contributed by atoms with Crippen molar-refractivity contribution in [3.05, 3.63) is 29.3 Å². The predicted molar refractivity (Wildman–Crippen MR) is 86.3 cm³/mol. The summed E-state index contributed by atoms with van der Waals surface area (Å²) < 4.78 is 5.51. The number of likely N-dealkylation sites (tertiary alicyclic amines) is 1. The molecule has 0 radical (unpaired) electrons. The number of nitrogens with zero attached hydrogens (tertiary/aromatic N) is 1. The summed E-state index contributed by atoms with van der Waals surface area (Å²) in [4.78, 5) is 2.59. The lowest BCUT2D eigenvalue weighted by atomic mass is 9.77. The van der Waals surface area contributed by atoms with Crippen molar-refractivity contribution in [1.82, 2.24) is 4.90 Å². The van der Waals surface area contributed by atoms with Gasteiger partial charge in [0.1, 0.15) is 5.75 Å². The lowest BCUT2D eigenvalue weighted by Crippen LogP contribution is -2.38. The van der Waals surface area contributed by atoms with Crippen LogP contribution in [0.5, 0.6) is 5.75 Å². The molecule has 1 aliphatic heterocycles. The third-order valence-corrected chi connectivity index (χ3v) is 5.56. The summed E-state index contributed by atoms with van der Waals surface area (Å²) in [5.74, 6) is 0.994. The SMILES string of the molecule is COc1ccc(CN)cc1CN1CCC2(CCCC2)CC1. The number of rotatable bonds is 4. The van der Waals surface area contributed by atoms with E-state index >= 15 is 0 Å². The Balaban J connectivity index is 1.64. The minimum Gasteiger partial charge on any atom is -0.496 e. The molecule has 3 rings (SSSR count). The van der Waals surface area contributed by atoms with Crippen molar-refractivity contribution in [2.45, 2.75) is 51.6 Å². The molecule has 1 heterocycles. The molecule has 0 bridgehead atoms. The van der Waals surface area contributed by atoms with E-state index in [9.17, 15) is 0 Å². The van der Waals surface area contributed by atoms with Crippen molar-refractivity contribution in [3.8, 4) is 5.75 Å². The van der Waals surface area contributed by atoms with E-state index in [1.807, 2.05) is 0 Å². The van der Waals surface area contributed by atoms with E-state index in [4.69, 9.17) is 10.5 Å². The number of methoxy groups -OCH3 is 1. The number of piperidine rings is 1. The second-order valence-corrected chi connectivity index (χ2v) is 6.83. The molecule has 2 N–H and O–H groups in total. The summed E-state index contributed by atoms with van der Waals surface area (Å²) in [6, 6.07) is 6.32. The largest absolute Gasteiger partial charge is 0.496 e. The lowest BCUT2D eigenvalue weighted by molar-refractivity contribution is 0.103. The molecule has 0 unspecified atom stereocenters. The van der Waals surface area contributed by atoms with Crippen LogP contribution >= 0.6 is 0 Å². The maximum atomic E-state index is 5.77. The highest BCUT2D eigenvalue weighted by Crippen LogP contribution is 2.46. The molecule has 1 saturated heterocycles. The van der Waals surface area contributed by atoms with Crippen LogP contribution in [0, 0.1) is 5.41 Å². The average Bonchev–Trinajstić information content (AvgIpc) is 2.98. The Kier molecular flexibility index (Phi) is 4.51. The highest BCUT2D eigenvalue weighted by Gasteiger charge is 2.36. The summed E-state index contributed by atoms with van der Waals surface area (Å²) in [6.07, 6.45) is 8.59. The monoisotopic (exact) mass is 288 g/mol. The van der Waals surface area contributed by atoms with Crippen LogP contribution in [0.25, 0.3) is 0 Å². The summed E-state index contributed by atoms with van der Waals surface area (Å²) in [5.41, 5.74) is 8.93. The van der Waals surface area contributed by atoms with Crippen molar-refractivity contribution in [2.75, 3.05) is 20.2 Å². The van der Waals surface area contributed by atoms with Gasteiger partial charge in [-0.3, -0.25) is 4.90 Å². The molecule has 1 saturated carbocycles. The van der Waals surface area contributed by atoms with Gasteiger partial charge in [0.15, 0.2) is 0 Å². The fourth-order valence-corrected chi connectivity index (χ4v) is 4.13. The Bertz CT molecular complexity index is 470. The van der Waals surface area contributed by atoms with Crippen LogP contribution in [-0.4, -0.2) is 25.1 Å². The molecule has 0 atom stereocenters. The molecule has 3 heteroatoms. The van der Waals surface area contributed by atoms with Crippen molar-refractivity contribution in [2.24, 2.45) is 11.1 Å². The predicted octanol–water partition coefficient (Wildman–Crippen LogP) is 3.31. The van der Waals surface area contributed by atoms with Gasteiger partial charge in [0.25, 0.3) is 0 Å². The van der Waals surface area contributed by atoms with Crippen molar-refractivity contribution in [1.29, 1.82) is 0 Å². The molecular formula is C18H28N2O. The van der Waals surface area contributed by atoms with Gasteiger partial charge in [-0.15, -0.1) is 0 Å². The zero-order valence-corrected chi connectivity index (χ0v) is 13.2. The highest BCUT2D eigenvalue weighted by atomic mass is 16.5. The molecule has 2 aliphatic rings. The molecule has 116 valence electrons. The number of hydrogen-bond acceptors (Lipinski definition) is 3. The minimum absolute atomic E-state index is 0.597. The first-order valence-corrected chi connectivity index (χ1v) is 8.33. The van der Waals surface area contributed by atoms with Gasteiger partial charge in [-0.05, 0) is 61.9 Å². The van der Waals surface area contributed by atoms with E-state index < -0.39 is 0 Å². The highest BCUT2D eigenvalue weighted by molar-refractivity contribution is 5.37. The molecule has 3 nitrogen and oxygen atoms in total. The van der Waals surface area contributed by atoms with Crippen molar-refractivity contribution >= 4 is 0 Å². The Morgan fingerprint density at radius 1 is 1.14 bits per heavy atom. The van der Waals surface area contributed by atoms with Gasteiger partial charge in [-0.25, -0.2) is 0 Å². The van der Waals surface area contributed by atoms with Gasteiger partial charge in [-0.2, -0.15) is 0 Å². The second kappa shape index (κ2) is 6.37. The molecule has 0 aromatic heterocycles. The number of ether oxygens (including phenoxy) is 1. The summed E-state index contributed by atoms with van der Waals surface area (Å²) >= 11 is 0. The quantitative estimate of drug-likeness (QED) is 0.924. The van der Waals surface area contributed by atoms with Crippen LogP contribution in [0.2, 0.25) is 0 Å². The first-order valence-electron chi connectivity index (χ1n) is 8.33. The van der Waals surface area contributed by atoms with E-state index in [0.29, 0.717) is 12.0 Å².